The summed E-state index contributed by atoms with van der Waals surface area (Å²) in [6, 6.07) is 5.45. The van der Waals surface area contributed by atoms with Gasteiger partial charge in [0, 0.05) is 18.9 Å². The molecule has 0 radical (unpaired) electrons. The van der Waals surface area contributed by atoms with Crippen molar-refractivity contribution < 1.29 is 22.7 Å². The maximum Gasteiger partial charge on any atom is 0.573 e. The minimum atomic E-state index is -4.69. The van der Waals surface area contributed by atoms with Gasteiger partial charge in [0.05, 0.1) is 0 Å². The molecule has 1 N–H and O–H groups in total. The Hall–Kier alpha value is -1.56. The number of hydrogen-bond donors (Lipinski definition) is 1. The number of piperidine rings is 1. The first-order valence-electron chi connectivity index (χ1n) is 6.52. The smallest absolute Gasteiger partial charge is 0.406 e. The third-order valence-electron chi connectivity index (χ3n) is 3.29. The zero-order valence-electron chi connectivity index (χ0n) is 10.9. The number of hydrogen-bond acceptors (Lipinski definition) is 3. The van der Waals surface area contributed by atoms with E-state index in [0.29, 0.717) is 12.1 Å². The molecule has 1 heterocycles. The second-order valence-electron chi connectivity index (χ2n) is 4.88. The largest absolute Gasteiger partial charge is 0.573 e. The van der Waals surface area contributed by atoms with Gasteiger partial charge >= 0.3 is 6.36 Å². The Morgan fingerprint density at radius 2 is 2.00 bits per heavy atom. The number of benzene rings is 1. The summed E-state index contributed by atoms with van der Waals surface area (Å²) in [6.45, 7) is 1.63. The summed E-state index contributed by atoms with van der Waals surface area (Å²) in [5.74, 6) is -0.135. The summed E-state index contributed by atoms with van der Waals surface area (Å²) < 4.78 is 39.8. The van der Waals surface area contributed by atoms with E-state index in [1.807, 2.05) is 0 Å². The Morgan fingerprint density at radius 1 is 1.30 bits per heavy atom. The average molecular weight is 287 g/mol. The van der Waals surface area contributed by atoms with Crippen LogP contribution in [0.25, 0.3) is 0 Å². The number of ketones is 1. The molecule has 0 bridgehead atoms. The Kier molecular flexibility index (Phi) is 4.65. The number of nitrogens with one attached hydrogen (secondary N) is 1. The molecule has 1 saturated heterocycles. The lowest BCUT2D eigenvalue weighted by atomic mass is 9.91. The van der Waals surface area contributed by atoms with Gasteiger partial charge in [0.25, 0.3) is 0 Å². The summed E-state index contributed by atoms with van der Waals surface area (Å²) in [5, 5.41) is 3.17. The van der Waals surface area contributed by atoms with Crippen LogP contribution in [0, 0.1) is 5.92 Å². The van der Waals surface area contributed by atoms with Gasteiger partial charge in [-0.05, 0) is 37.1 Å². The molecule has 0 amide bonds. The summed E-state index contributed by atoms with van der Waals surface area (Å²) in [6.07, 6.45) is -2.58. The molecule has 1 aromatic rings. The van der Waals surface area contributed by atoms with Crippen LogP contribution in [0.5, 0.6) is 5.75 Å². The quantitative estimate of drug-likeness (QED) is 0.925. The Labute approximate surface area is 115 Å². The Morgan fingerprint density at radius 3 is 2.55 bits per heavy atom. The molecule has 2 rings (SSSR count). The van der Waals surface area contributed by atoms with Gasteiger partial charge in [0.15, 0.2) is 0 Å². The summed E-state index contributed by atoms with van der Waals surface area (Å²) >= 11 is 0. The molecule has 20 heavy (non-hydrogen) atoms. The van der Waals surface area contributed by atoms with Crippen LogP contribution in [0.2, 0.25) is 0 Å². The monoisotopic (exact) mass is 287 g/mol. The van der Waals surface area contributed by atoms with Crippen molar-refractivity contribution in [2.45, 2.75) is 25.6 Å². The van der Waals surface area contributed by atoms with Crippen LogP contribution in [-0.2, 0) is 11.2 Å². The highest BCUT2D eigenvalue weighted by molar-refractivity contribution is 5.83. The fourth-order valence-corrected chi connectivity index (χ4v) is 2.28. The number of halogens is 3. The summed E-state index contributed by atoms with van der Waals surface area (Å²) in [4.78, 5) is 12.0. The predicted octanol–water partition coefficient (Wildman–Crippen LogP) is 2.70. The van der Waals surface area contributed by atoms with E-state index in [1.54, 1.807) is 0 Å². The Balaban J connectivity index is 1.91. The van der Waals surface area contributed by atoms with E-state index in [0.717, 1.165) is 19.4 Å². The van der Waals surface area contributed by atoms with Crippen LogP contribution in [0.15, 0.2) is 24.3 Å². The predicted molar refractivity (Wildman–Crippen MR) is 67.4 cm³/mol. The number of carbonyl (C=O) groups excluding carboxylic acids is 1. The Bertz CT molecular complexity index is 450. The second-order valence-corrected chi connectivity index (χ2v) is 4.88. The van der Waals surface area contributed by atoms with Gasteiger partial charge in [-0.15, -0.1) is 13.2 Å². The zero-order chi connectivity index (χ0) is 14.6. The molecular weight excluding hydrogens is 271 g/mol. The number of ether oxygens (including phenoxy) is 1. The van der Waals surface area contributed by atoms with Gasteiger partial charge in [0.2, 0.25) is 0 Å². The van der Waals surface area contributed by atoms with Crippen LogP contribution in [0.4, 0.5) is 13.2 Å². The molecule has 1 unspecified atom stereocenters. The van der Waals surface area contributed by atoms with E-state index in [1.165, 1.54) is 24.3 Å². The maximum atomic E-state index is 12.0. The van der Waals surface area contributed by atoms with E-state index in [-0.39, 0.29) is 23.9 Å². The minimum Gasteiger partial charge on any atom is -0.406 e. The highest BCUT2D eigenvalue weighted by Crippen LogP contribution is 2.23. The zero-order valence-corrected chi connectivity index (χ0v) is 10.9. The summed E-state index contributed by atoms with van der Waals surface area (Å²) in [7, 11) is 0. The van der Waals surface area contributed by atoms with Crippen LogP contribution >= 0.6 is 0 Å². The van der Waals surface area contributed by atoms with E-state index < -0.39 is 6.36 Å². The van der Waals surface area contributed by atoms with Crippen LogP contribution < -0.4 is 10.1 Å². The fourth-order valence-electron chi connectivity index (χ4n) is 2.28. The molecule has 6 heteroatoms. The molecule has 0 aromatic heterocycles. The van der Waals surface area contributed by atoms with Crippen molar-refractivity contribution in [2.75, 3.05) is 13.1 Å². The van der Waals surface area contributed by atoms with Crippen molar-refractivity contribution in [3.63, 3.8) is 0 Å². The van der Waals surface area contributed by atoms with Gasteiger partial charge in [-0.2, -0.15) is 0 Å². The third kappa shape index (κ3) is 4.52. The number of rotatable bonds is 4. The van der Waals surface area contributed by atoms with E-state index >= 15 is 0 Å². The molecule has 0 spiro atoms. The topological polar surface area (TPSA) is 38.3 Å². The van der Waals surface area contributed by atoms with Crippen molar-refractivity contribution in [3.05, 3.63) is 29.8 Å². The maximum absolute atomic E-state index is 12.0. The molecule has 110 valence electrons. The molecule has 1 aliphatic rings. The molecule has 0 aliphatic carbocycles. The van der Waals surface area contributed by atoms with Crippen molar-refractivity contribution >= 4 is 5.78 Å². The van der Waals surface area contributed by atoms with Crippen molar-refractivity contribution in [3.8, 4) is 5.75 Å². The van der Waals surface area contributed by atoms with Crippen molar-refractivity contribution in [1.29, 1.82) is 0 Å². The van der Waals surface area contributed by atoms with Gasteiger partial charge in [0.1, 0.15) is 11.5 Å². The van der Waals surface area contributed by atoms with Crippen molar-refractivity contribution in [2.24, 2.45) is 5.92 Å². The standard InChI is InChI=1S/C14H16F3NO2/c15-14(16,17)20-12-5-3-10(4-6-12)8-13(19)11-2-1-7-18-9-11/h3-6,11,18H,1-2,7-9H2. The first-order chi connectivity index (χ1) is 9.44. The molecule has 3 nitrogen and oxygen atoms in total. The number of alkyl halides is 3. The molecule has 1 atom stereocenters. The molecule has 1 aromatic carbocycles. The normalized spacial score (nSPS) is 19.6. The molecule has 1 fully saturated rings. The first-order valence-corrected chi connectivity index (χ1v) is 6.52. The van der Waals surface area contributed by atoms with Crippen LogP contribution in [-0.4, -0.2) is 25.2 Å². The van der Waals surface area contributed by atoms with Gasteiger partial charge < -0.3 is 10.1 Å². The fraction of sp³-hybridized carbons (Fsp3) is 0.500. The first kappa shape index (κ1) is 14.8. The summed E-state index contributed by atoms with van der Waals surface area (Å²) in [5.41, 5.74) is 0.704. The van der Waals surface area contributed by atoms with Crippen LogP contribution in [0.1, 0.15) is 18.4 Å². The molecular formula is C14H16F3NO2. The second kappa shape index (κ2) is 6.26. The number of carbonyl (C=O) groups is 1. The van der Waals surface area contributed by atoms with Gasteiger partial charge in [-0.3, -0.25) is 4.79 Å². The highest BCUT2D eigenvalue weighted by Gasteiger charge is 2.31. The lowest BCUT2D eigenvalue weighted by molar-refractivity contribution is -0.274. The minimum absolute atomic E-state index is 0.00912. The molecule has 0 saturated carbocycles. The lowest BCUT2D eigenvalue weighted by Gasteiger charge is -2.21. The number of Topliss-reactive ketones (excluding diaryl/α,β-unsaturated/α-hetero) is 1. The molecule has 1 aliphatic heterocycles. The average Bonchev–Trinajstić information content (AvgIpc) is 2.40. The lowest BCUT2D eigenvalue weighted by Crippen LogP contribution is -2.35. The van der Waals surface area contributed by atoms with Crippen LogP contribution in [0.3, 0.4) is 0 Å². The van der Waals surface area contributed by atoms with E-state index in [9.17, 15) is 18.0 Å². The SMILES string of the molecule is O=C(Cc1ccc(OC(F)(F)F)cc1)C1CCCNC1. The van der Waals surface area contributed by atoms with Gasteiger partial charge in [-0.1, -0.05) is 12.1 Å². The third-order valence-corrected chi connectivity index (χ3v) is 3.29. The van der Waals surface area contributed by atoms with E-state index in [4.69, 9.17) is 0 Å². The highest BCUT2D eigenvalue weighted by atomic mass is 19.4. The van der Waals surface area contributed by atoms with E-state index in [2.05, 4.69) is 10.1 Å². The van der Waals surface area contributed by atoms with Crippen molar-refractivity contribution in [1.82, 2.24) is 5.32 Å². The van der Waals surface area contributed by atoms with Gasteiger partial charge in [-0.25, -0.2) is 0 Å².